The average Bonchev–Trinajstić information content (AvgIpc) is 2.42. The first-order valence-corrected chi connectivity index (χ1v) is 6.95. The van der Waals surface area contributed by atoms with Crippen molar-refractivity contribution in [2.75, 3.05) is 6.61 Å². The molecule has 0 fully saturated rings. The van der Waals surface area contributed by atoms with E-state index in [-0.39, 0.29) is 12.1 Å². The van der Waals surface area contributed by atoms with Crippen LogP contribution in [0.3, 0.4) is 0 Å². The minimum atomic E-state index is -0.269. The summed E-state index contributed by atoms with van der Waals surface area (Å²) in [7, 11) is 0. The second kappa shape index (κ2) is 7.81. The Balaban J connectivity index is 2.52. The van der Waals surface area contributed by atoms with Crippen LogP contribution < -0.4 is 10.1 Å². The maximum absolute atomic E-state index is 9.01. The van der Waals surface area contributed by atoms with E-state index in [0.717, 1.165) is 12.2 Å². The molecule has 104 valence electrons. The first-order valence-electron chi connectivity index (χ1n) is 6.95. The Bertz CT molecular complexity index is 406. The number of nitrogens with zero attached hydrogens (tertiary/aromatic N) is 1. The number of nitriles is 1. The van der Waals surface area contributed by atoms with Gasteiger partial charge in [0.15, 0.2) is 0 Å². The number of hydrogen-bond donors (Lipinski definition) is 1. The summed E-state index contributed by atoms with van der Waals surface area (Å²) in [6.45, 7) is 8.81. The fraction of sp³-hybridized carbons (Fsp3) is 0.562. The van der Waals surface area contributed by atoms with Gasteiger partial charge in [-0.2, -0.15) is 5.26 Å². The standard InChI is InChI=1S/C16H24N2O/c1-5-13(4)14-6-8-16(9-7-14)19-11-15(10-17)18-12(2)3/h6-9,12-13,15,18H,5,11H2,1-4H3. The lowest BCUT2D eigenvalue weighted by Gasteiger charge is -2.16. The van der Waals surface area contributed by atoms with Gasteiger partial charge in [0.2, 0.25) is 0 Å². The van der Waals surface area contributed by atoms with Gasteiger partial charge in [0.1, 0.15) is 18.4 Å². The summed E-state index contributed by atoms with van der Waals surface area (Å²) in [6.07, 6.45) is 1.13. The fourth-order valence-electron chi connectivity index (χ4n) is 1.83. The van der Waals surface area contributed by atoms with Crippen LogP contribution in [0, 0.1) is 11.3 Å². The second-order valence-corrected chi connectivity index (χ2v) is 5.19. The summed E-state index contributed by atoms with van der Waals surface area (Å²) in [5, 5.41) is 12.2. The third kappa shape index (κ3) is 5.32. The molecule has 0 saturated heterocycles. The normalized spacial score (nSPS) is 13.9. The predicted octanol–water partition coefficient (Wildman–Crippen LogP) is 3.47. The number of ether oxygens (including phenoxy) is 1. The van der Waals surface area contributed by atoms with Crippen LogP contribution in [0.15, 0.2) is 24.3 Å². The summed E-state index contributed by atoms with van der Waals surface area (Å²) in [4.78, 5) is 0. The minimum Gasteiger partial charge on any atom is -0.491 e. The first kappa shape index (κ1) is 15.5. The number of hydrogen-bond acceptors (Lipinski definition) is 3. The van der Waals surface area contributed by atoms with E-state index in [0.29, 0.717) is 12.5 Å². The lowest BCUT2D eigenvalue weighted by molar-refractivity contribution is 0.282. The van der Waals surface area contributed by atoms with E-state index in [4.69, 9.17) is 10.00 Å². The Kier molecular flexibility index (Phi) is 6.38. The smallest absolute Gasteiger partial charge is 0.130 e. The van der Waals surface area contributed by atoms with Gasteiger partial charge in [0.05, 0.1) is 6.07 Å². The quantitative estimate of drug-likeness (QED) is 0.816. The van der Waals surface area contributed by atoms with E-state index in [1.807, 2.05) is 26.0 Å². The summed E-state index contributed by atoms with van der Waals surface area (Å²) < 4.78 is 5.64. The lowest BCUT2D eigenvalue weighted by atomic mass is 9.99. The van der Waals surface area contributed by atoms with Gasteiger partial charge >= 0.3 is 0 Å². The summed E-state index contributed by atoms with van der Waals surface area (Å²) in [5.74, 6) is 1.39. The van der Waals surface area contributed by atoms with Crippen molar-refractivity contribution in [3.63, 3.8) is 0 Å². The Labute approximate surface area is 116 Å². The van der Waals surface area contributed by atoms with Gasteiger partial charge in [-0.1, -0.05) is 26.0 Å². The Morgan fingerprint density at radius 2 is 1.84 bits per heavy atom. The molecule has 0 saturated carbocycles. The molecule has 0 radical (unpaired) electrons. The van der Waals surface area contributed by atoms with Crippen molar-refractivity contribution in [3.8, 4) is 11.8 Å². The molecule has 3 nitrogen and oxygen atoms in total. The molecule has 1 rings (SSSR count). The zero-order valence-corrected chi connectivity index (χ0v) is 12.3. The highest BCUT2D eigenvalue weighted by molar-refractivity contribution is 5.29. The molecule has 1 aromatic carbocycles. The number of rotatable bonds is 7. The van der Waals surface area contributed by atoms with Crippen LogP contribution in [-0.2, 0) is 0 Å². The van der Waals surface area contributed by atoms with Crippen LogP contribution >= 0.6 is 0 Å². The van der Waals surface area contributed by atoms with Crippen LogP contribution in [0.25, 0.3) is 0 Å². The highest BCUT2D eigenvalue weighted by Gasteiger charge is 2.09. The van der Waals surface area contributed by atoms with Gasteiger partial charge in [-0.3, -0.25) is 5.32 Å². The van der Waals surface area contributed by atoms with E-state index in [1.54, 1.807) is 0 Å². The SMILES string of the molecule is CCC(C)c1ccc(OCC(C#N)NC(C)C)cc1. The Morgan fingerprint density at radius 1 is 1.21 bits per heavy atom. The maximum atomic E-state index is 9.01. The van der Waals surface area contributed by atoms with Crippen molar-refractivity contribution >= 4 is 0 Å². The zero-order valence-electron chi connectivity index (χ0n) is 12.3. The van der Waals surface area contributed by atoms with Crippen LogP contribution in [0.1, 0.15) is 45.6 Å². The van der Waals surface area contributed by atoms with Crippen LogP contribution in [0.5, 0.6) is 5.75 Å². The van der Waals surface area contributed by atoms with E-state index >= 15 is 0 Å². The maximum Gasteiger partial charge on any atom is 0.130 e. The topological polar surface area (TPSA) is 45.0 Å². The molecule has 0 aliphatic carbocycles. The number of benzene rings is 1. The third-order valence-corrected chi connectivity index (χ3v) is 3.17. The van der Waals surface area contributed by atoms with Crippen molar-refractivity contribution in [1.29, 1.82) is 5.26 Å². The molecule has 1 N–H and O–H groups in total. The monoisotopic (exact) mass is 260 g/mol. The van der Waals surface area contributed by atoms with Gasteiger partial charge in [0.25, 0.3) is 0 Å². The van der Waals surface area contributed by atoms with Gasteiger partial charge in [-0.15, -0.1) is 0 Å². The van der Waals surface area contributed by atoms with Gasteiger partial charge in [-0.25, -0.2) is 0 Å². The van der Waals surface area contributed by atoms with Crippen LogP contribution in [-0.4, -0.2) is 18.7 Å². The summed E-state index contributed by atoms with van der Waals surface area (Å²) in [6, 6.07) is 10.4. The minimum absolute atomic E-state index is 0.269. The van der Waals surface area contributed by atoms with Crippen molar-refractivity contribution in [2.24, 2.45) is 0 Å². The number of nitrogens with one attached hydrogen (secondary N) is 1. The summed E-state index contributed by atoms with van der Waals surface area (Å²) >= 11 is 0. The van der Waals surface area contributed by atoms with E-state index in [2.05, 4.69) is 37.4 Å². The summed E-state index contributed by atoms with van der Waals surface area (Å²) in [5.41, 5.74) is 1.33. The molecule has 0 bridgehead atoms. The predicted molar refractivity (Wildman–Crippen MR) is 78.3 cm³/mol. The second-order valence-electron chi connectivity index (χ2n) is 5.19. The molecule has 0 amide bonds. The highest BCUT2D eigenvalue weighted by Crippen LogP contribution is 2.21. The van der Waals surface area contributed by atoms with Gasteiger partial charge < -0.3 is 4.74 Å². The van der Waals surface area contributed by atoms with Crippen molar-refractivity contribution < 1.29 is 4.74 Å². The molecule has 1 aromatic rings. The zero-order chi connectivity index (χ0) is 14.3. The third-order valence-electron chi connectivity index (χ3n) is 3.17. The Hall–Kier alpha value is -1.53. The lowest BCUT2D eigenvalue weighted by Crippen LogP contribution is -2.37. The molecule has 19 heavy (non-hydrogen) atoms. The molecule has 0 spiro atoms. The van der Waals surface area contributed by atoms with Crippen molar-refractivity contribution in [3.05, 3.63) is 29.8 Å². The molecule has 2 unspecified atom stereocenters. The fourth-order valence-corrected chi connectivity index (χ4v) is 1.83. The van der Waals surface area contributed by atoms with Crippen LogP contribution in [0.2, 0.25) is 0 Å². The molecule has 0 heterocycles. The van der Waals surface area contributed by atoms with E-state index < -0.39 is 0 Å². The largest absolute Gasteiger partial charge is 0.491 e. The van der Waals surface area contributed by atoms with Crippen LogP contribution in [0.4, 0.5) is 0 Å². The highest BCUT2D eigenvalue weighted by atomic mass is 16.5. The van der Waals surface area contributed by atoms with Gasteiger partial charge in [0, 0.05) is 6.04 Å². The Morgan fingerprint density at radius 3 is 2.32 bits per heavy atom. The molecule has 3 heteroatoms. The average molecular weight is 260 g/mol. The van der Waals surface area contributed by atoms with Crippen molar-refractivity contribution in [1.82, 2.24) is 5.32 Å². The molecule has 0 aromatic heterocycles. The molecule has 0 aliphatic rings. The van der Waals surface area contributed by atoms with Crippen molar-refractivity contribution in [2.45, 2.75) is 52.1 Å². The van der Waals surface area contributed by atoms with E-state index in [9.17, 15) is 0 Å². The molecular formula is C16H24N2O. The van der Waals surface area contributed by atoms with E-state index in [1.165, 1.54) is 5.56 Å². The molecule has 0 aliphatic heterocycles. The first-order chi connectivity index (χ1) is 9.06. The molecule has 2 atom stereocenters. The van der Waals surface area contributed by atoms with Gasteiger partial charge in [-0.05, 0) is 43.9 Å². The molecular weight excluding hydrogens is 236 g/mol.